The Bertz CT molecular complexity index is 276. The first kappa shape index (κ1) is 23.5. The molecule has 4 heteroatoms. The Kier molecular flexibility index (Phi) is 18.4. The van der Waals surface area contributed by atoms with Crippen LogP contribution in [0.4, 0.5) is 0 Å². The van der Waals surface area contributed by atoms with Crippen molar-refractivity contribution in [2.45, 2.75) is 110 Å². The van der Waals surface area contributed by atoms with E-state index >= 15 is 0 Å². The highest BCUT2D eigenvalue weighted by Gasteiger charge is 2.26. The minimum Gasteiger partial charge on any atom is -0.411 e. The first-order valence-electron chi connectivity index (χ1n) is 10.4. The number of unbranched alkanes of at least 4 members (excludes halogenated alkanes) is 10. The van der Waals surface area contributed by atoms with Gasteiger partial charge in [-0.3, -0.25) is 0 Å². The molecular formula is C20H40BNO2. The van der Waals surface area contributed by atoms with Gasteiger partial charge in [0.25, 0.3) is 0 Å². The summed E-state index contributed by atoms with van der Waals surface area (Å²) in [7, 11) is -0.212. The summed E-state index contributed by atoms with van der Waals surface area (Å²) >= 11 is 0. The molecule has 0 rings (SSSR count). The van der Waals surface area contributed by atoms with Crippen LogP contribution in [-0.4, -0.2) is 20.3 Å². The van der Waals surface area contributed by atoms with Crippen LogP contribution in [0, 0.1) is 11.3 Å². The normalized spacial score (nSPS) is 12.1. The van der Waals surface area contributed by atoms with Crippen LogP contribution in [-0.2, 0) is 9.31 Å². The maximum Gasteiger partial charge on any atom is 0.460 e. The van der Waals surface area contributed by atoms with Crippen molar-refractivity contribution >= 4 is 7.12 Å². The quantitative estimate of drug-likeness (QED) is 0.211. The van der Waals surface area contributed by atoms with Crippen molar-refractivity contribution < 1.29 is 9.31 Å². The molecule has 0 amide bonds. The van der Waals surface area contributed by atoms with E-state index in [1.807, 2.05) is 0 Å². The Balaban J connectivity index is 3.79. The summed E-state index contributed by atoms with van der Waals surface area (Å²) in [5.74, 6) is 0.148. The number of rotatable bonds is 18. The van der Waals surface area contributed by atoms with Gasteiger partial charge in [0, 0.05) is 25.5 Å². The predicted molar refractivity (Wildman–Crippen MR) is 104 cm³/mol. The summed E-state index contributed by atoms with van der Waals surface area (Å²) in [6.07, 6.45) is 15.7. The van der Waals surface area contributed by atoms with Gasteiger partial charge in [0.05, 0.1) is 6.07 Å². The van der Waals surface area contributed by atoms with Crippen LogP contribution in [0.5, 0.6) is 0 Å². The molecule has 140 valence electrons. The molecule has 0 aliphatic heterocycles. The molecule has 24 heavy (non-hydrogen) atoms. The highest BCUT2D eigenvalue weighted by Crippen LogP contribution is 2.17. The van der Waals surface area contributed by atoms with Crippen molar-refractivity contribution in [2.75, 3.05) is 13.2 Å². The van der Waals surface area contributed by atoms with Crippen molar-refractivity contribution in [3.63, 3.8) is 0 Å². The summed E-state index contributed by atoms with van der Waals surface area (Å²) in [5.41, 5.74) is 0. The fraction of sp³-hybridized carbons (Fsp3) is 0.950. The molecule has 0 bridgehead atoms. The number of hydrogen-bond donors (Lipinski definition) is 0. The lowest BCUT2D eigenvalue weighted by molar-refractivity contribution is 0.182. The van der Waals surface area contributed by atoms with Crippen LogP contribution < -0.4 is 0 Å². The number of hydrogen-bond acceptors (Lipinski definition) is 3. The van der Waals surface area contributed by atoms with Gasteiger partial charge in [0.1, 0.15) is 0 Å². The van der Waals surface area contributed by atoms with Gasteiger partial charge in [0.15, 0.2) is 0 Å². The van der Waals surface area contributed by atoms with Gasteiger partial charge >= 0.3 is 7.12 Å². The first-order valence-corrected chi connectivity index (χ1v) is 10.4. The molecule has 0 heterocycles. The molecule has 0 N–H and O–H groups in total. The zero-order valence-electron chi connectivity index (χ0n) is 16.5. The highest BCUT2D eigenvalue weighted by atomic mass is 16.6. The molecule has 0 saturated heterocycles. The van der Waals surface area contributed by atoms with Crippen LogP contribution in [0.1, 0.15) is 104 Å². The van der Waals surface area contributed by atoms with E-state index in [-0.39, 0.29) is 12.9 Å². The van der Waals surface area contributed by atoms with Gasteiger partial charge in [-0.2, -0.15) is 5.26 Å². The Hall–Kier alpha value is -0.525. The highest BCUT2D eigenvalue weighted by molar-refractivity contribution is 6.46. The monoisotopic (exact) mass is 337 g/mol. The topological polar surface area (TPSA) is 42.2 Å². The van der Waals surface area contributed by atoms with Crippen molar-refractivity contribution in [2.24, 2.45) is 0 Å². The Morgan fingerprint density at radius 2 is 1.17 bits per heavy atom. The standard InChI is InChI=1S/C20H40BNO2/c1-4-6-8-10-12-14-18-23-21(20(3)16-17-22)24-19-15-13-11-9-7-5-2/h20H,4-16,18-19H2,1-3H3. The van der Waals surface area contributed by atoms with Crippen LogP contribution in [0.25, 0.3) is 0 Å². The lowest BCUT2D eigenvalue weighted by Gasteiger charge is -2.19. The van der Waals surface area contributed by atoms with E-state index in [0.29, 0.717) is 6.42 Å². The maximum absolute atomic E-state index is 8.91. The van der Waals surface area contributed by atoms with Crippen LogP contribution in [0.2, 0.25) is 5.82 Å². The van der Waals surface area contributed by atoms with Crippen molar-refractivity contribution in [3.8, 4) is 6.07 Å². The van der Waals surface area contributed by atoms with Gasteiger partial charge in [-0.05, 0) is 12.8 Å². The third kappa shape index (κ3) is 15.0. The second-order valence-electron chi connectivity index (χ2n) is 6.99. The van der Waals surface area contributed by atoms with Crippen LogP contribution in [0.3, 0.4) is 0 Å². The second kappa shape index (κ2) is 18.8. The van der Waals surface area contributed by atoms with Gasteiger partial charge < -0.3 is 9.31 Å². The molecular weight excluding hydrogens is 297 g/mol. The molecule has 0 aromatic carbocycles. The minimum absolute atomic E-state index is 0.148. The van der Waals surface area contributed by atoms with Gasteiger partial charge in [-0.1, -0.05) is 85.0 Å². The van der Waals surface area contributed by atoms with Crippen LogP contribution in [0.15, 0.2) is 0 Å². The molecule has 0 aliphatic carbocycles. The lowest BCUT2D eigenvalue weighted by Crippen LogP contribution is -2.28. The Morgan fingerprint density at radius 3 is 1.58 bits per heavy atom. The van der Waals surface area contributed by atoms with Crippen molar-refractivity contribution in [1.82, 2.24) is 0 Å². The third-order valence-electron chi connectivity index (χ3n) is 4.44. The molecule has 0 aromatic heterocycles. The van der Waals surface area contributed by atoms with Gasteiger partial charge in [-0.25, -0.2) is 0 Å². The van der Waals surface area contributed by atoms with E-state index in [2.05, 4.69) is 26.8 Å². The van der Waals surface area contributed by atoms with Crippen molar-refractivity contribution in [3.05, 3.63) is 0 Å². The summed E-state index contributed by atoms with van der Waals surface area (Å²) in [4.78, 5) is 0. The van der Waals surface area contributed by atoms with Crippen molar-refractivity contribution in [1.29, 1.82) is 5.26 Å². The zero-order valence-corrected chi connectivity index (χ0v) is 16.5. The molecule has 0 spiro atoms. The summed E-state index contributed by atoms with van der Waals surface area (Å²) < 4.78 is 11.9. The lowest BCUT2D eigenvalue weighted by atomic mass is 9.71. The van der Waals surface area contributed by atoms with Gasteiger partial charge in [0.2, 0.25) is 0 Å². The Morgan fingerprint density at radius 1 is 0.750 bits per heavy atom. The third-order valence-corrected chi connectivity index (χ3v) is 4.44. The van der Waals surface area contributed by atoms with E-state index in [1.165, 1.54) is 64.2 Å². The maximum atomic E-state index is 8.91. The summed E-state index contributed by atoms with van der Waals surface area (Å²) in [6, 6.07) is 2.24. The molecule has 1 unspecified atom stereocenters. The van der Waals surface area contributed by atoms with E-state index in [1.54, 1.807) is 0 Å². The summed E-state index contributed by atoms with van der Waals surface area (Å²) in [5, 5.41) is 8.91. The summed E-state index contributed by atoms with van der Waals surface area (Å²) in [6.45, 7) is 8.04. The largest absolute Gasteiger partial charge is 0.460 e. The minimum atomic E-state index is -0.212. The molecule has 0 saturated carbocycles. The van der Waals surface area contributed by atoms with E-state index in [0.717, 1.165) is 26.1 Å². The second-order valence-corrected chi connectivity index (χ2v) is 6.99. The number of nitriles is 1. The molecule has 0 aliphatic rings. The smallest absolute Gasteiger partial charge is 0.411 e. The molecule has 0 aromatic rings. The van der Waals surface area contributed by atoms with Gasteiger partial charge in [-0.15, -0.1) is 0 Å². The fourth-order valence-corrected chi connectivity index (χ4v) is 2.78. The first-order chi connectivity index (χ1) is 11.8. The average molecular weight is 337 g/mol. The van der Waals surface area contributed by atoms with E-state index in [9.17, 15) is 0 Å². The fourth-order valence-electron chi connectivity index (χ4n) is 2.78. The molecule has 1 atom stereocenters. The number of nitrogens with zero attached hydrogens (tertiary/aromatic N) is 1. The zero-order chi connectivity index (χ0) is 17.9. The SMILES string of the molecule is CCCCCCCCOB(OCCCCCCCC)C(C)CC#N. The predicted octanol–water partition coefficient (Wildman–Crippen LogP) is 6.53. The molecule has 0 fully saturated rings. The average Bonchev–Trinajstić information content (AvgIpc) is 2.58. The van der Waals surface area contributed by atoms with E-state index in [4.69, 9.17) is 14.6 Å². The van der Waals surface area contributed by atoms with E-state index < -0.39 is 0 Å². The molecule has 3 nitrogen and oxygen atoms in total. The Labute approximate surface area is 151 Å². The van der Waals surface area contributed by atoms with Crippen LogP contribution >= 0.6 is 0 Å². The molecule has 0 radical (unpaired) electrons.